The number of benzene rings is 7. The first-order valence-corrected chi connectivity index (χ1v) is 18.8. The maximum Gasteiger partial charge on any atom is 0.148 e. The molecule has 5 heteroatoms. The number of pyridine rings is 1. The number of phenolic OH excluding ortho intramolecular Hbond substituents is 1. The SMILES string of the molecule is [2H]c1nc(-c2[c-]c(-c3cccc4c3nc(-c3ccccc3O)n4-c3cc(-c4ccccc4)cc(C([2H])(C)C)c3)cc(-c3ccccc3)c2)c([2H])c(-c2c([2H])c([2H])c(C(C([2H])([2H])[2H])(C([2H])([2H])[2H])C([2H])([2H])[2H])c([2H])c2[2H])c1[2H].[Pt]. The maximum absolute atomic E-state index is 11.4. The molecule has 2 aromatic heterocycles. The van der Waals surface area contributed by atoms with Gasteiger partial charge in [0.05, 0.1) is 26.2 Å². The fourth-order valence-electron chi connectivity index (χ4n) is 7.08. The van der Waals surface area contributed by atoms with Gasteiger partial charge < -0.3 is 5.11 Å². The van der Waals surface area contributed by atoms with Gasteiger partial charge in [0, 0.05) is 52.3 Å². The van der Waals surface area contributed by atoms with Crippen molar-refractivity contribution in [2.45, 2.75) is 45.7 Å². The van der Waals surface area contributed by atoms with Crippen LogP contribution in [0.25, 0.3) is 83.9 Å². The summed E-state index contributed by atoms with van der Waals surface area (Å²) in [4.78, 5) is 9.59. The van der Waals surface area contributed by atoms with Crippen molar-refractivity contribution < 1.29 is 49.5 Å². The Kier molecular flexibility index (Phi) is 6.87. The number of imidazole rings is 1. The van der Waals surface area contributed by atoms with Gasteiger partial charge in [-0.05, 0) is 86.6 Å². The van der Waals surface area contributed by atoms with Crippen LogP contribution in [0.1, 0.15) is 74.7 Å². The summed E-state index contributed by atoms with van der Waals surface area (Å²) >= 11 is 0. The molecule has 0 radical (unpaired) electrons. The molecule has 60 heavy (non-hydrogen) atoms. The minimum atomic E-state index is -3.93. The van der Waals surface area contributed by atoms with Crippen LogP contribution >= 0.6 is 0 Å². The zero-order valence-corrected chi connectivity index (χ0v) is 34.6. The molecule has 4 nitrogen and oxygen atoms in total. The van der Waals surface area contributed by atoms with E-state index in [0.29, 0.717) is 55.9 Å². The van der Waals surface area contributed by atoms with Crippen molar-refractivity contribution in [1.29, 1.82) is 0 Å². The topological polar surface area (TPSA) is 50.9 Å². The van der Waals surface area contributed by atoms with E-state index in [1.807, 2.05) is 108 Å². The first-order chi connectivity index (χ1) is 35.6. The minimum absolute atomic E-state index is 0. The molecule has 0 fully saturated rings. The predicted octanol–water partition coefficient (Wildman–Crippen LogP) is 14.3. The summed E-state index contributed by atoms with van der Waals surface area (Å²) in [6.45, 7) is -8.20. The predicted molar refractivity (Wildman–Crippen MR) is 245 cm³/mol. The molecule has 0 amide bonds. The second-order valence-corrected chi connectivity index (χ2v) is 14.4. The van der Waals surface area contributed by atoms with Crippen molar-refractivity contribution >= 4 is 11.0 Å². The Hall–Kier alpha value is -6.35. The number of aromatic hydroxyl groups is 1. The van der Waals surface area contributed by atoms with Crippen molar-refractivity contribution in [3.05, 3.63) is 193 Å². The molecule has 9 rings (SSSR count). The normalized spacial score (nSPS) is 16.4. The molecule has 0 aliphatic heterocycles. The zero-order valence-electron chi connectivity index (χ0n) is 49.3. The standard InChI is InChI=1S/C55H46N3O.Pt/c1-36(2)41-29-43(38-17-10-7-11-18-38)34-47(33-41)58-51-21-14-20-48(53(51)57-54(58)49-19-12-13-22-52(49)59)44-30-42(37-15-8-6-9-16-37)31-45(32-44)50-35-40(27-28-56-50)39-23-25-46(26-24-39)55(3,4)5;/h6-31,33-36,59H,1-5H3;/q-1;/i3D3,4D3,5D3,23D,24D,25D,26D,27D,28D,35D,36D;. The fraction of sp³-hybridized carbons (Fsp3) is 0.127. The average molecular weight is 977 g/mol. The summed E-state index contributed by atoms with van der Waals surface area (Å²) in [7, 11) is 0. The molecule has 0 unspecified atom stereocenters. The summed E-state index contributed by atoms with van der Waals surface area (Å²) in [5.41, 5.74) is -0.273. The molecule has 0 spiro atoms. The summed E-state index contributed by atoms with van der Waals surface area (Å²) in [6.07, 6.45) is -0.773. The van der Waals surface area contributed by atoms with Gasteiger partial charge in [-0.15, -0.1) is 23.8 Å². The van der Waals surface area contributed by atoms with E-state index in [0.717, 1.165) is 11.1 Å². The molecule has 0 saturated carbocycles. The van der Waals surface area contributed by atoms with Crippen LogP contribution < -0.4 is 0 Å². The van der Waals surface area contributed by atoms with E-state index in [-0.39, 0.29) is 38.1 Å². The van der Waals surface area contributed by atoms with Gasteiger partial charge in [0.25, 0.3) is 0 Å². The molecule has 7 aromatic carbocycles. The van der Waals surface area contributed by atoms with Gasteiger partial charge in [0.2, 0.25) is 0 Å². The number of hydrogen-bond acceptors (Lipinski definition) is 3. The number of hydrogen-bond donors (Lipinski definition) is 1. The smallest absolute Gasteiger partial charge is 0.148 e. The van der Waals surface area contributed by atoms with Gasteiger partial charge in [0.1, 0.15) is 11.6 Å². The molecule has 298 valence electrons. The van der Waals surface area contributed by atoms with E-state index in [4.69, 9.17) is 26.9 Å². The van der Waals surface area contributed by atoms with E-state index in [1.54, 1.807) is 44.2 Å². The Morgan fingerprint density at radius 2 is 1.32 bits per heavy atom. The quantitative estimate of drug-likeness (QED) is 0.154. The van der Waals surface area contributed by atoms with Crippen LogP contribution in [0.15, 0.2) is 176 Å². The number of aromatic nitrogens is 3. The van der Waals surface area contributed by atoms with Crippen LogP contribution in [0, 0.1) is 6.07 Å². The van der Waals surface area contributed by atoms with E-state index in [9.17, 15) is 6.48 Å². The summed E-state index contributed by atoms with van der Waals surface area (Å²) in [5, 5.41) is 11.4. The molecular weight excluding hydrogens is 914 g/mol. The van der Waals surface area contributed by atoms with E-state index < -0.39 is 91.0 Å². The second kappa shape index (κ2) is 16.7. The van der Waals surface area contributed by atoms with Crippen molar-refractivity contribution in [2.75, 3.05) is 0 Å². The third-order valence-electron chi connectivity index (χ3n) is 10.1. The number of phenols is 1. The first kappa shape index (κ1) is 24.7. The average Bonchev–Trinajstić information content (AvgIpc) is 3.91. The molecule has 0 aliphatic carbocycles. The van der Waals surface area contributed by atoms with Crippen molar-refractivity contribution in [3.8, 4) is 78.6 Å². The maximum atomic E-state index is 11.4. The van der Waals surface area contributed by atoms with Gasteiger partial charge in [-0.25, -0.2) is 4.98 Å². The van der Waals surface area contributed by atoms with Crippen LogP contribution in [0.5, 0.6) is 5.75 Å². The molecule has 0 atom stereocenters. The largest absolute Gasteiger partial charge is 0.507 e. The molecule has 2 heterocycles. The van der Waals surface area contributed by atoms with Crippen molar-refractivity contribution in [1.82, 2.24) is 14.5 Å². The Bertz CT molecular complexity index is 3690. The Balaban J connectivity index is 0.00000784. The molecular formula is C55H46N3OPt-. The Morgan fingerprint density at radius 1 is 0.667 bits per heavy atom. The third-order valence-corrected chi connectivity index (χ3v) is 10.1. The molecule has 0 aliphatic rings. The number of nitrogens with zero attached hydrogens (tertiary/aromatic N) is 3. The number of para-hydroxylation sites is 2. The van der Waals surface area contributed by atoms with Crippen molar-refractivity contribution in [2.24, 2.45) is 0 Å². The summed E-state index contributed by atoms with van der Waals surface area (Å²) < 4.78 is 149. The molecule has 9 aromatic rings. The van der Waals surface area contributed by atoms with E-state index >= 15 is 0 Å². The van der Waals surface area contributed by atoms with Crippen molar-refractivity contribution in [3.63, 3.8) is 0 Å². The molecule has 0 saturated heterocycles. The van der Waals surface area contributed by atoms with Gasteiger partial charge in [-0.2, -0.15) is 0 Å². The molecule has 0 bridgehead atoms. The second-order valence-electron chi connectivity index (χ2n) is 14.4. The van der Waals surface area contributed by atoms with E-state index in [2.05, 4.69) is 11.1 Å². The van der Waals surface area contributed by atoms with E-state index in [1.165, 1.54) is 0 Å². The van der Waals surface area contributed by atoms with Gasteiger partial charge in [0.15, 0.2) is 0 Å². The van der Waals surface area contributed by atoms with Crippen LogP contribution in [0.2, 0.25) is 0 Å². The summed E-state index contributed by atoms with van der Waals surface area (Å²) in [6, 6.07) is 37.4. The third kappa shape index (κ3) is 8.01. The van der Waals surface area contributed by atoms with Gasteiger partial charge >= 0.3 is 0 Å². The number of fused-ring (bicyclic) bond motifs is 1. The monoisotopic (exact) mass is 976 g/mol. The van der Waals surface area contributed by atoms with Gasteiger partial charge in [-0.3, -0.25) is 9.55 Å². The van der Waals surface area contributed by atoms with Crippen LogP contribution in [-0.2, 0) is 26.5 Å². The van der Waals surface area contributed by atoms with Crippen LogP contribution in [0.4, 0.5) is 0 Å². The van der Waals surface area contributed by atoms with Crippen LogP contribution in [-0.4, -0.2) is 19.6 Å². The Labute approximate surface area is 391 Å². The fourth-order valence-corrected chi connectivity index (χ4v) is 7.08. The van der Waals surface area contributed by atoms with Crippen LogP contribution in [0.3, 0.4) is 0 Å². The molecule has 1 N–H and O–H groups in total. The first-order valence-electron chi connectivity index (χ1n) is 27.3. The summed E-state index contributed by atoms with van der Waals surface area (Å²) in [5.74, 6) is -0.715. The minimum Gasteiger partial charge on any atom is -0.507 e. The number of rotatable bonds is 8. The Morgan fingerprint density at radius 3 is 2.00 bits per heavy atom. The van der Waals surface area contributed by atoms with Gasteiger partial charge in [-0.1, -0.05) is 172 Å². The zero-order chi connectivity index (χ0) is 55.2.